The Morgan fingerprint density at radius 1 is 1.17 bits per heavy atom. The van der Waals surface area contributed by atoms with Crippen LogP contribution in [0.15, 0.2) is 30.6 Å². The minimum Gasteiger partial charge on any atom is -0.340 e. The van der Waals surface area contributed by atoms with Gasteiger partial charge in [0.1, 0.15) is 0 Å². The summed E-state index contributed by atoms with van der Waals surface area (Å²) in [6.07, 6.45) is 5.83. The highest BCUT2D eigenvalue weighted by Crippen LogP contribution is 2.34. The topological polar surface area (TPSA) is 59.7 Å². The molecule has 0 radical (unpaired) electrons. The number of rotatable bonds is 2. The van der Waals surface area contributed by atoms with Crippen molar-refractivity contribution in [3.05, 3.63) is 42.0 Å². The van der Waals surface area contributed by atoms with Gasteiger partial charge in [-0.2, -0.15) is 5.10 Å². The van der Waals surface area contributed by atoms with Gasteiger partial charge in [0.25, 0.3) is 0 Å². The van der Waals surface area contributed by atoms with Gasteiger partial charge in [0.2, 0.25) is 5.95 Å². The summed E-state index contributed by atoms with van der Waals surface area (Å²) in [5, 5.41) is 5.61. The van der Waals surface area contributed by atoms with Gasteiger partial charge < -0.3 is 4.90 Å². The summed E-state index contributed by atoms with van der Waals surface area (Å²) in [7, 11) is 1.96. The standard InChI is InChI=1S/C18H22N6/c1-13-14-6-7-15(21-16(14)23(3)22-13)18(2)8-4-11-24(12-18)17-19-9-5-10-20-17/h5-7,9-10H,4,8,11-12H2,1-3H3. The van der Waals surface area contributed by atoms with E-state index in [0.717, 1.165) is 54.3 Å². The Morgan fingerprint density at radius 3 is 2.75 bits per heavy atom. The van der Waals surface area contributed by atoms with Gasteiger partial charge in [0.15, 0.2) is 5.65 Å². The molecular formula is C18H22N6. The molecule has 1 aliphatic rings. The normalized spacial score (nSPS) is 21.4. The summed E-state index contributed by atoms with van der Waals surface area (Å²) in [4.78, 5) is 16.0. The molecule has 6 heteroatoms. The van der Waals surface area contributed by atoms with Crippen LogP contribution in [-0.4, -0.2) is 37.8 Å². The molecule has 3 aromatic rings. The van der Waals surface area contributed by atoms with Crippen molar-refractivity contribution < 1.29 is 0 Å². The molecule has 0 N–H and O–H groups in total. The Bertz CT molecular complexity index is 872. The number of aryl methyl sites for hydroxylation is 2. The van der Waals surface area contributed by atoms with E-state index in [9.17, 15) is 0 Å². The maximum Gasteiger partial charge on any atom is 0.225 e. The quantitative estimate of drug-likeness (QED) is 0.726. The van der Waals surface area contributed by atoms with Crippen molar-refractivity contribution in [1.82, 2.24) is 24.7 Å². The van der Waals surface area contributed by atoms with Crippen LogP contribution in [0.4, 0.5) is 5.95 Å². The first-order chi connectivity index (χ1) is 11.6. The molecule has 0 saturated carbocycles. The third-order valence-corrected chi connectivity index (χ3v) is 5.02. The number of fused-ring (bicyclic) bond motifs is 1. The van der Waals surface area contributed by atoms with E-state index in [1.54, 1.807) is 12.4 Å². The fourth-order valence-electron chi connectivity index (χ4n) is 3.71. The van der Waals surface area contributed by atoms with E-state index in [0.29, 0.717) is 0 Å². The van der Waals surface area contributed by atoms with Gasteiger partial charge in [0, 0.05) is 43.3 Å². The van der Waals surface area contributed by atoms with Gasteiger partial charge in [-0.1, -0.05) is 6.92 Å². The largest absolute Gasteiger partial charge is 0.340 e. The summed E-state index contributed by atoms with van der Waals surface area (Å²) in [5.41, 5.74) is 3.10. The number of aromatic nitrogens is 5. The van der Waals surface area contributed by atoms with Gasteiger partial charge in [-0.05, 0) is 38.0 Å². The fraction of sp³-hybridized carbons (Fsp3) is 0.444. The number of pyridine rings is 1. The molecule has 1 aliphatic heterocycles. The molecule has 6 nitrogen and oxygen atoms in total. The second-order valence-electron chi connectivity index (χ2n) is 6.91. The summed E-state index contributed by atoms with van der Waals surface area (Å²) >= 11 is 0. The second kappa shape index (κ2) is 5.54. The maximum absolute atomic E-state index is 4.95. The lowest BCUT2D eigenvalue weighted by Crippen LogP contribution is -2.45. The van der Waals surface area contributed by atoms with Crippen molar-refractivity contribution in [2.24, 2.45) is 7.05 Å². The van der Waals surface area contributed by atoms with E-state index >= 15 is 0 Å². The highest BCUT2D eigenvalue weighted by Gasteiger charge is 2.35. The van der Waals surface area contributed by atoms with E-state index in [-0.39, 0.29) is 5.41 Å². The molecule has 0 amide bonds. The van der Waals surface area contributed by atoms with Crippen molar-refractivity contribution in [2.45, 2.75) is 32.1 Å². The smallest absolute Gasteiger partial charge is 0.225 e. The van der Waals surface area contributed by atoms with Crippen LogP contribution in [-0.2, 0) is 12.5 Å². The van der Waals surface area contributed by atoms with Crippen LogP contribution >= 0.6 is 0 Å². The van der Waals surface area contributed by atoms with Crippen LogP contribution in [0.5, 0.6) is 0 Å². The summed E-state index contributed by atoms with van der Waals surface area (Å²) < 4.78 is 1.87. The SMILES string of the molecule is Cc1nn(C)c2nc(C3(C)CCCN(c4ncccn4)C3)ccc12. The van der Waals surface area contributed by atoms with Crippen LogP contribution < -0.4 is 4.90 Å². The molecular weight excluding hydrogens is 300 g/mol. The summed E-state index contributed by atoms with van der Waals surface area (Å²) in [6, 6.07) is 6.17. The Labute approximate surface area is 141 Å². The predicted molar refractivity (Wildman–Crippen MR) is 94.1 cm³/mol. The molecule has 3 aromatic heterocycles. The molecule has 1 saturated heterocycles. The minimum atomic E-state index is -0.0101. The van der Waals surface area contributed by atoms with E-state index in [1.165, 1.54) is 0 Å². The molecule has 124 valence electrons. The van der Waals surface area contributed by atoms with Crippen molar-refractivity contribution >= 4 is 17.0 Å². The van der Waals surface area contributed by atoms with E-state index in [4.69, 9.17) is 4.98 Å². The summed E-state index contributed by atoms with van der Waals surface area (Å²) in [5.74, 6) is 0.806. The van der Waals surface area contributed by atoms with Crippen LogP contribution in [0.2, 0.25) is 0 Å². The van der Waals surface area contributed by atoms with Crippen LogP contribution in [0.3, 0.4) is 0 Å². The molecule has 1 atom stereocenters. The monoisotopic (exact) mass is 322 g/mol. The number of hydrogen-bond acceptors (Lipinski definition) is 5. The highest BCUT2D eigenvalue weighted by molar-refractivity contribution is 5.78. The molecule has 0 spiro atoms. The van der Waals surface area contributed by atoms with Crippen molar-refractivity contribution in [3.8, 4) is 0 Å². The molecule has 4 rings (SSSR count). The van der Waals surface area contributed by atoms with E-state index in [2.05, 4.69) is 39.0 Å². The van der Waals surface area contributed by atoms with Crippen molar-refractivity contribution in [1.29, 1.82) is 0 Å². The summed E-state index contributed by atoms with van der Waals surface area (Å²) in [6.45, 7) is 6.19. The average molecular weight is 322 g/mol. The van der Waals surface area contributed by atoms with Gasteiger partial charge in [-0.25, -0.2) is 15.0 Å². The fourth-order valence-corrected chi connectivity index (χ4v) is 3.71. The van der Waals surface area contributed by atoms with Gasteiger partial charge in [-0.3, -0.25) is 4.68 Å². The van der Waals surface area contributed by atoms with Crippen LogP contribution in [0.1, 0.15) is 31.2 Å². The van der Waals surface area contributed by atoms with Gasteiger partial charge in [-0.15, -0.1) is 0 Å². The van der Waals surface area contributed by atoms with Crippen LogP contribution in [0, 0.1) is 6.92 Å². The lowest BCUT2D eigenvalue weighted by Gasteiger charge is -2.40. The van der Waals surface area contributed by atoms with E-state index < -0.39 is 0 Å². The molecule has 24 heavy (non-hydrogen) atoms. The van der Waals surface area contributed by atoms with Crippen molar-refractivity contribution in [3.63, 3.8) is 0 Å². The van der Waals surface area contributed by atoms with Gasteiger partial charge >= 0.3 is 0 Å². The first-order valence-corrected chi connectivity index (χ1v) is 8.40. The number of piperidine rings is 1. The molecule has 0 aliphatic carbocycles. The number of nitrogens with zero attached hydrogens (tertiary/aromatic N) is 6. The van der Waals surface area contributed by atoms with Crippen molar-refractivity contribution in [2.75, 3.05) is 18.0 Å². The average Bonchev–Trinajstić information content (AvgIpc) is 2.90. The zero-order valence-electron chi connectivity index (χ0n) is 14.4. The molecule has 4 heterocycles. The third kappa shape index (κ3) is 2.42. The third-order valence-electron chi connectivity index (χ3n) is 5.02. The highest BCUT2D eigenvalue weighted by atomic mass is 15.3. The van der Waals surface area contributed by atoms with E-state index in [1.807, 2.05) is 24.7 Å². The Morgan fingerprint density at radius 2 is 1.96 bits per heavy atom. The Kier molecular flexibility index (Phi) is 3.48. The number of anilines is 1. The Hall–Kier alpha value is -2.50. The molecule has 1 unspecified atom stereocenters. The molecule has 1 fully saturated rings. The number of hydrogen-bond donors (Lipinski definition) is 0. The molecule has 0 bridgehead atoms. The first-order valence-electron chi connectivity index (χ1n) is 8.40. The second-order valence-corrected chi connectivity index (χ2v) is 6.91. The lowest BCUT2D eigenvalue weighted by atomic mass is 9.78. The predicted octanol–water partition coefficient (Wildman–Crippen LogP) is 2.62. The maximum atomic E-state index is 4.95. The minimum absolute atomic E-state index is 0.0101. The van der Waals surface area contributed by atoms with Crippen LogP contribution in [0.25, 0.3) is 11.0 Å². The lowest BCUT2D eigenvalue weighted by molar-refractivity contribution is 0.362. The molecule has 0 aromatic carbocycles. The zero-order valence-corrected chi connectivity index (χ0v) is 14.4. The zero-order chi connectivity index (χ0) is 16.7. The Balaban J connectivity index is 1.70. The first kappa shape index (κ1) is 15.1. The van der Waals surface area contributed by atoms with Gasteiger partial charge in [0.05, 0.1) is 11.4 Å².